The van der Waals surface area contributed by atoms with E-state index in [1.54, 1.807) is 13.8 Å². The maximum absolute atomic E-state index is 13.2. The average molecular weight is 287 g/mol. The van der Waals surface area contributed by atoms with Gasteiger partial charge in [-0.05, 0) is 24.6 Å². The summed E-state index contributed by atoms with van der Waals surface area (Å²) in [6.45, 7) is 3.66. The summed E-state index contributed by atoms with van der Waals surface area (Å²) in [5.74, 6) is -0.670. The highest BCUT2D eigenvalue weighted by Crippen LogP contribution is 2.21. The summed E-state index contributed by atoms with van der Waals surface area (Å²) in [4.78, 5) is -0.0436. The highest BCUT2D eigenvalue weighted by Gasteiger charge is 2.25. The predicted molar refractivity (Wildman–Crippen MR) is 72.1 cm³/mol. The molecule has 1 aromatic rings. The standard InChI is InChI=1S/C12H18FN3O2S/c1-3-16(7-6-12(14)15)19(17,18)11-8-10(13)5-4-9(11)2/h4-5,8H,3,6-7H2,1-2H3,(H3,14,15). The van der Waals surface area contributed by atoms with Crippen LogP contribution in [0.5, 0.6) is 0 Å². The second kappa shape index (κ2) is 6.12. The molecule has 0 fully saturated rings. The maximum atomic E-state index is 13.2. The summed E-state index contributed by atoms with van der Waals surface area (Å²) in [5, 5.41) is 7.14. The van der Waals surface area contributed by atoms with Crippen LogP contribution in [0.2, 0.25) is 0 Å². The molecule has 0 heterocycles. The molecular formula is C12H18FN3O2S. The van der Waals surface area contributed by atoms with Gasteiger partial charge in [0.15, 0.2) is 0 Å². The molecule has 0 saturated heterocycles. The van der Waals surface area contributed by atoms with Crippen molar-refractivity contribution in [3.05, 3.63) is 29.6 Å². The topological polar surface area (TPSA) is 87.2 Å². The van der Waals surface area contributed by atoms with Crippen LogP contribution in [0.4, 0.5) is 4.39 Å². The third kappa shape index (κ3) is 3.74. The van der Waals surface area contributed by atoms with Crippen LogP contribution in [0, 0.1) is 18.2 Å². The highest BCUT2D eigenvalue weighted by molar-refractivity contribution is 7.89. The van der Waals surface area contributed by atoms with E-state index in [0.717, 1.165) is 6.07 Å². The van der Waals surface area contributed by atoms with Gasteiger partial charge in [-0.15, -0.1) is 0 Å². The lowest BCUT2D eigenvalue weighted by Gasteiger charge is -2.21. The van der Waals surface area contributed by atoms with E-state index in [0.29, 0.717) is 5.56 Å². The van der Waals surface area contributed by atoms with Gasteiger partial charge < -0.3 is 5.73 Å². The molecule has 19 heavy (non-hydrogen) atoms. The quantitative estimate of drug-likeness (QED) is 0.613. The Balaban J connectivity index is 3.13. The number of hydrogen-bond acceptors (Lipinski definition) is 3. The molecule has 0 spiro atoms. The van der Waals surface area contributed by atoms with Crippen molar-refractivity contribution in [3.8, 4) is 0 Å². The number of sulfonamides is 1. The summed E-state index contributed by atoms with van der Waals surface area (Å²) >= 11 is 0. The second-order valence-electron chi connectivity index (χ2n) is 4.18. The van der Waals surface area contributed by atoms with Gasteiger partial charge in [0.05, 0.1) is 10.7 Å². The largest absolute Gasteiger partial charge is 0.388 e. The van der Waals surface area contributed by atoms with E-state index in [2.05, 4.69) is 0 Å². The monoisotopic (exact) mass is 287 g/mol. The molecule has 0 aliphatic rings. The fourth-order valence-electron chi connectivity index (χ4n) is 1.68. The number of hydrogen-bond donors (Lipinski definition) is 2. The third-order valence-electron chi connectivity index (χ3n) is 2.75. The molecule has 0 bridgehead atoms. The van der Waals surface area contributed by atoms with Crippen molar-refractivity contribution in [2.24, 2.45) is 5.73 Å². The van der Waals surface area contributed by atoms with Gasteiger partial charge in [-0.2, -0.15) is 4.31 Å². The lowest BCUT2D eigenvalue weighted by atomic mass is 10.2. The Hall–Kier alpha value is -1.47. The van der Waals surface area contributed by atoms with Crippen LogP contribution >= 0.6 is 0 Å². The van der Waals surface area contributed by atoms with Crippen LogP contribution in [0.25, 0.3) is 0 Å². The van der Waals surface area contributed by atoms with E-state index in [1.165, 1.54) is 16.4 Å². The molecule has 0 amide bonds. The first-order valence-electron chi connectivity index (χ1n) is 5.88. The van der Waals surface area contributed by atoms with Crippen molar-refractivity contribution in [2.75, 3.05) is 13.1 Å². The molecule has 106 valence electrons. The first-order chi connectivity index (χ1) is 8.78. The summed E-state index contributed by atoms with van der Waals surface area (Å²) < 4.78 is 39.2. The molecule has 1 rings (SSSR count). The van der Waals surface area contributed by atoms with E-state index >= 15 is 0 Å². The number of nitrogens with one attached hydrogen (secondary N) is 1. The van der Waals surface area contributed by atoms with Gasteiger partial charge >= 0.3 is 0 Å². The molecule has 0 aliphatic heterocycles. The molecule has 0 saturated carbocycles. The lowest BCUT2D eigenvalue weighted by molar-refractivity contribution is 0.435. The number of benzene rings is 1. The minimum absolute atomic E-state index is 0.0436. The van der Waals surface area contributed by atoms with E-state index in [4.69, 9.17) is 11.1 Å². The van der Waals surface area contributed by atoms with Crippen LogP contribution in [0.1, 0.15) is 18.9 Å². The molecule has 5 nitrogen and oxygen atoms in total. The summed E-state index contributed by atoms with van der Waals surface area (Å²) in [7, 11) is -3.76. The smallest absolute Gasteiger partial charge is 0.243 e. The first kappa shape index (κ1) is 15.6. The van der Waals surface area contributed by atoms with Crippen LogP contribution in [0.15, 0.2) is 23.1 Å². The van der Waals surface area contributed by atoms with Gasteiger partial charge in [-0.1, -0.05) is 13.0 Å². The van der Waals surface area contributed by atoms with Crippen molar-refractivity contribution < 1.29 is 12.8 Å². The van der Waals surface area contributed by atoms with E-state index in [-0.39, 0.29) is 30.2 Å². The SMILES string of the molecule is CCN(CCC(=N)N)S(=O)(=O)c1cc(F)ccc1C. The Bertz CT molecular complexity index is 572. The van der Waals surface area contributed by atoms with Crippen molar-refractivity contribution in [2.45, 2.75) is 25.2 Å². The minimum atomic E-state index is -3.76. The van der Waals surface area contributed by atoms with E-state index < -0.39 is 15.8 Å². The zero-order chi connectivity index (χ0) is 14.6. The summed E-state index contributed by atoms with van der Waals surface area (Å²) in [6, 6.07) is 3.67. The third-order valence-corrected chi connectivity index (χ3v) is 4.87. The molecule has 3 N–H and O–H groups in total. The molecule has 0 aliphatic carbocycles. The predicted octanol–water partition coefficient (Wildman–Crippen LogP) is 1.47. The molecular weight excluding hydrogens is 269 g/mol. The van der Waals surface area contributed by atoms with Gasteiger partial charge in [0, 0.05) is 19.5 Å². The lowest BCUT2D eigenvalue weighted by Crippen LogP contribution is -2.34. The van der Waals surface area contributed by atoms with Gasteiger partial charge in [0.2, 0.25) is 10.0 Å². The number of nitrogens with zero attached hydrogens (tertiary/aromatic N) is 1. The van der Waals surface area contributed by atoms with Gasteiger partial charge in [0.1, 0.15) is 5.82 Å². The Labute approximate surface area is 112 Å². The summed E-state index contributed by atoms with van der Waals surface area (Å²) in [5.41, 5.74) is 5.72. The van der Waals surface area contributed by atoms with Crippen LogP contribution in [-0.2, 0) is 10.0 Å². The molecule has 1 aromatic carbocycles. The summed E-state index contributed by atoms with van der Waals surface area (Å²) in [6.07, 6.45) is 0.154. The molecule has 0 unspecified atom stereocenters. The Kier molecular flexibility index (Phi) is 5.02. The molecule has 0 atom stereocenters. The maximum Gasteiger partial charge on any atom is 0.243 e. The Morgan fingerprint density at radius 1 is 1.47 bits per heavy atom. The number of halogens is 1. The highest BCUT2D eigenvalue weighted by atomic mass is 32.2. The van der Waals surface area contributed by atoms with Gasteiger partial charge in [-0.3, -0.25) is 5.41 Å². The average Bonchev–Trinajstić information content (AvgIpc) is 2.32. The minimum Gasteiger partial charge on any atom is -0.388 e. The van der Waals surface area contributed by atoms with E-state index in [9.17, 15) is 12.8 Å². The van der Waals surface area contributed by atoms with Crippen molar-refractivity contribution >= 4 is 15.9 Å². The number of amidine groups is 1. The first-order valence-corrected chi connectivity index (χ1v) is 7.32. The van der Waals surface area contributed by atoms with Gasteiger partial charge in [-0.25, -0.2) is 12.8 Å². The zero-order valence-electron chi connectivity index (χ0n) is 11.0. The van der Waals surface area contributed by atoms with Crippen LogP contribution in [-0.4, -0.2) is 31.6 Å². The fourth-order valence-corrected chi connectivity index (χ4v) is 3.37. The van der Waals surface area contributed by atoms with Crippen LogP contribution in [0.3, 0.4) is 0 Å². The number of nitrogens with two attached hydrogens (primary N) is 1. The van der Waals surface area contributed by atoms with E-state index in [1.807, 2.05) is 0 Å². The van der Waals surface area contributed by atoms with Gasteiger partial charge in [0.25, 0.3) is 0 Å². The number of rotatable bonds is 6. The number of aryl methyl sites for hydroxylation is 1. The second-order valence-corrected chi connectivity index (χ2v) is 6.09. The normalized spacial score (nSPS) is 11.8. The van der Waals surface area contributed by atoms with Crippen molar-refractivity contribution in [1.82, 2.24) is 4.31 Å². The molecule has 0 aromatic heterocycles. The van der Waals surface area contributed by atoms with Crippen molar-refractivity contribution in [1.29, 1.82) is 5.41 Å². The Morgan fingerprint density at radius 2 is 2.11 bits per heavy atom. The zero-order valence-corrected chi connectivity index (χ0v) is 11.8. The molecule has 0 radical (unpaired) electrons. The fraction of sp³-hybridized carbons (Fsp3) is 0.417. The van der Waals surface area contributed by atoms with Crippen LogP contribution < -0.4 is 5.73 Å². The van der Waals surface area contributed by atoms with Crippen molar-refractivity contribution in [3.63, 3.8) is 0 Å². The Morgan fingerprint density at radius 3 is 2.63 bits per heavy atom. The molecule has 7 heteroatoms.